The summed E-state index contributed by atoms with van der Waals surface area (Å²) in [5, 5.41) is 4.19. The van der Waals surface area contributed by atoms with Gasteiger partial charge in [0, 0.05) is 6.54 Å². The first-order chi connectivity index (χ1) is 13.6. The molecule has 0 aromatic heterocycles. The quantitative estimate of drug-likeness (QED) is 0.818. The average Bonchev–Trinajstić information content (AvgIpc) is 3.18. The van der Waals surface area contributed by atoms with Crippen molar-refractivity contribution in [2.45, 2.75) is 19.4 Å². The molecule has 144 valence electrons. The van der Waals surface area contributed by atoms with Gasteiger partial charge in [-0.3, -0.25) is 15.0 Å². The number of amidine groups is 1. The highest BCUT2D eigenvalue weighted by Crippen LogP contribution is 2.32. The van der Waals surface area contributed by atoms with Gasteiger partial charge in [0.2, 0.25) is 12.6 Å². The Labute approximate surface area is 162 Å². The number of hydrazine groups is 1. The smallest absolute Gasteiger partial charge is 0.288 e. The first kappa shape index (κ1) is 17.8. The summed E-state index contributed by atoms with van der Waals surface area (Å²) < 4.78 is 10.7. The molecule has 0 radical (unpaired) electrons. The molecule has 2 N–H and O–H groups in total. The molecule has 2 aliphatic heterocycles. The molecule has 28 heavy (non-hydrogen) atoms. The first-order valence-electron chi connectivity index (χ1n) is 9.02. The van der Waals surface area contributed by atoms with Crippen LogP contribution in [0.4, 0.5) is 5.69 Å². The van der Waals surface area contributed by atoms with Gasteiger partial charge >= 0.3 is 0 Å². The number of amides is 2. The number of nitrogens with zero attached hydrogens (tertiary/aromatic N) is 2. The van der Waals surface area contributed by atoms with Gasteiger partial charge in [-0.2, -0.15) is 0 Å². The zero-order chi connectivity index (χ0) is 19.5. The Kier molecular flexibility index (Phi) is 4.84. The van der Waals surface area contributed by atoms with E-state index in [1.54, 1.807) is 19.1 Å². The van der Waals surface area contributed by atoms with Crippen molar-refractivity contribution in [1.82, 2.24) is 10.7 Å². The molecule has 8 nitrogen and oxygen atoms in total. The van der Waals surface area contributed by atoms with Crippen LogP contribution in [0.25, 0.3) is 0 Å². The number of ether oxygens (including phenoxy) is 2. The van der Waals surface area contributed by atoms with E-state index in [1.165, 1.54) is 5.01 Å². The van der Waals surface area contributed by atoms with Crippen LogP contribution in [-0.2, 0) is 16.0 Å². The van der Waals surface area contributed by atoms with Gasteiger partial charge < -0.3 is 14.8 Å². The summed E-state index contributed by atoms with van der Waals surface area (Å²) in [5.74, 6) is 0.979. The number of hydrogen-bond acceptors (Lipinski definition) is 6. The number of rotatable bonds is 5. The van der Waals surface area contributed by atoms with E-state index >= 15 is 0 Å². The van der Waals surface area contributed by atoms with Crippen LogP contribution in [0.15, 0.2) is 53.5 Å². The number of benzene rings is 2. The molecule has 2 amide bonds. The fourth-order valence-electron chi connectivity index (χ4n) is 3.00. The molecule has 0 unspecified atom stereocenters. The maximum Gasteiger partial charge on any atom is 0.288 e. The highest BCUT2D eigenvalue weighted by atomic mass is 16.7. The monoisotopic (exact) mass is 380 g/mol. The van der Waals surface area contributed by atoms with Crippen LogP contribution in [-0.4, -0.2) is 37.0 Å². The summed E-state index contributed by atoms with van der Waals surface area (Å²) in [5.41, 5.74) is 4.50. The van der Waals surface area contributed by atoms with E-state index in [9.17, 15) is 9.59 Å². The third-order valence-electron chi connectivity index (χ3n) is 4.48. The highest BCUT2D eigenvalue weighted by Gasteiger charge is 2.30. The molecule has 4 rings (SSSR count). The van der Waals surface area contributed by atoms with Crippen LogP contribution >= 0.6 is 0 Å². The normalized spacial score (nSPS) is 17.8. The Bertz CT molecular complexity index is 929. The molecule has 0 spiro atoms. The van der Waals surface area contributed by atoms with Gasteiger partial charge in [-0.15, -0.1) is 0 Å². The number of carbonyl (C=O) groups is 2. The van der Waals surface area contributed by atoms with Crippen molar-refractivity contribution in [3.8, 4) is 11.5 Å². The summed E-state index contributed by atoms with van der Waals surface area (Å²) >= 11 is 0. The molecule has 0 saturated heterocycles. The molecule has 2 aromatic carbocycles. The lowest BCUT2D eigenvalue weighted by atomic mass is 10.1. The third-order valence-corrected chi connectivity index (χ3v) is 4.48. The van der Waals surface area contributed by atoms with Crippen LogP contribution in [0.1, 0.15) is 12.5 Å². The summed E-state index contributed by atoms with van der Waals surface area (Å²) in [6.07, 6.45) is 0.631. The number of hydrogen-bond donors (Lipinski definition) is 2. The predicted octanol–water partition coefficient (Wildman–Crippen LogP) is 1.41. The first-order valence-corrected chi connectivity index (χ1v) is 9.02. The fraction of sp³-hybridized carbons (Fsp3) is 0.250. The molecule has 0 aliphatic carbocycles. The molecule has 2 aromatic rings. The van der Waals surface area contributed by atoms with Crippen molar-refractivity contribution in [2.24, 2.45) is 4.99 Å². The van der Waals surface area contributed by atoms with Crippen molar-refractivity contribution >= 4 is 23.3 Å². The molecule has 0 saturated carbocycles. The zero-order valence-electron chi connectivity index (χ0n) is 15.3. The Morgan fingerprint density at radius 1 is 1.21 bits per heavy atom. The minimum atomic E-state index is -0.643. The van der Waals surface area contributed by atoms with Crippen molar-refractivity contribution in [2.75, 3.05) is 18.3 Å². The van der Waals surface area contributed by atoms with Gasteiger partial charge in [-0.1, -0.05) is 24.3 Å². The molecule has 2 aliphatic rings. The van der Waals surface area contributed by atoms with Crippen LogP contribution in [0.3, 0.4) is 0 Å². The zero-order valence-corrected chi connectivity index (χ0v) is 15.3. The summed E-state index contributed by atoms with van der Waals surface area (Å²) in [6.45, 7) is 2.32. The van der Waals surface area contributed by atoms with Crippen LogP contribution in [0.5, 0.6) is 11.5 Å². The minimum absolute atomic E-state index is 0.113. The van der Waals surface area contributed by atoms with Crippen LogP contribution in [0.2, 0.25) is 0 Å². The van der Waals surface area contributed by atoms with Gasteiger partial charge in [0.1, 0.15) is 6.04 Å². The number of anilines is 1. The van der Waals surface area contributed by atoms with E-state index in [0.717, 1.165) is 11.3 Å². The van der Waals surface area contributed by atoms with Crippen molar-refractivity contribution in [3.05, 3.63) is 54.1 Å². The molecular weight excluding hydrogens is 360 g/mol. The lowest BCUT2D eigenvalue weighted by Crippen LogP contribution is -2.58. The molecule has 2 heterocycles. The number of nitrogens with one attached hydrogen (secondary N) is 2. The fourth-order valence-corrected chi connectivity index (χ4v) is 3.00. The van der Waals surface area contributed by atoms with Crippen LogP contribution in [0, 0.1) is 0 Å². The Balaban J connectivity index is 1.37. The number of fused-ring (bicyclic) bond motifs is 1. The second-order valence-corrected chi connectivity index (χ2v) is 6.47. The second-order valence-electron chi connectivity index (χ2n) is 6.47. The third kappa shape index (κ3) is 3.62. The Morgan fingerprint density at radius 2 is 2.00 bits per heavy atom. The maximum absolute atomic E-state index is 12.5. The van der Waals surface area contributed by atoms with E-state index < -0.39 is 6.04 Å². The topological polar surface area (TPSA) is 92.3 Å². The molecular formula is C20H20N4O4. The van der Waals surface area contributed by atoms with Crippen LogP contribution < -0.4 is 25.2 Å². The molecule has 8 heteroatoms. The lowest BCUT2D eigenvalue weighted by Gasteiger charge is -2.30. The van der Waals surface area contributed by atoms with Gasteiger partial charge in [-0.05, 0) is 43.2 Å². The van der Waals surface area contributed by atoms with E-state index in [-0.39, 0.29) is 24.4 Å². The maximum atomic E-state index is 12.5. The largest absolute Gasteiger partial charge is 0.454 e. The van der Waals surface area contributed by atoms with Gasteiger partial charge in [0.15, 0.2) is 11.5 Å². The SMILES string of the molecule is C[C@@H]1N=C(C(=O)NCCc2ccc3c(c2)OCO3)NN(c2ccccc2)C1=O. The molecule has 1 atom stereocenters. The number of para-hydroxylation sites is 1. The molecule has 0 bridgehead atoms. The summed E-state index contributed by atoms with van der Waals surface area (Å²) in [4.78, 5) is 29.1. The lowest BCUT2D eigenvalue weighted by molar-refractivity contribution is -0.120. The number of aliphatic imine (C=N–C) groups is 1. The Morgan fingerprint density at radius 3 is 2.82 bits per heavy atom. The average molecular weight is 380 g/mol. The van der Waals surface area contributed by atoms with Gasteiger partial charge in [0.25, 0.3) is 11.8 Å². The van der Waals surface area contributed by atoms with Crippen molar-refractivity contribution in [3.63, 3.8) is 0 Å². The highest BCUT2D eigenvalue weighted by molar-refractivity contribution is 6.39. The van der Waals surface area contributed by atoms with Gasteiger partial charge in [0.05, 0.1) is 5.69 Å². The summed E-state index contributed by atoms with van der Waals surface area (Å²) in [7, 11) is 0. The van der Waals surface area contributed by atoms with Crippen molar-refractivity contribution in [1.29, 1.82) is 0 Å². The van der Waals surface area contributed by atoms with E-state index in [1.807, 2.05) is 36.4 Å². The molecule has 0 fully saturated rings. The predicted molar refractivity (Wildman–Crippen MR) is 103 cm³/mol. The summed E-state index contributed by atoms with van der Waals surface area (Å²) in [6, 6.07) is 14.2. The van der Waals surface area contributed by atoms with E-state index in [2.05, 4.69) is 15.7 Å². The Hall–Kier alpha value is -3.55. The van der Waals surface area contributed by atoms with E-state index in [0.29, 0.717) is 24.4 Å². The minimum Gasteiger partial charge on any atom is -0.454 e. The second kappa shape index (κ2) is 7.59. The van der Waals surface area contributed by atoms with Crippen molar-refractivity contribution < 1.29 is 19.1 Å². The number of carbonyl (C=O) groups excluding carboxylic acids is 2. The van der Waals surface area contributed by atoms with E-state index in [4.69, 9.17) is 9.47 Å². The van der Waals surface area contributed by atoms with Gasteiger partial charge in [-0.25, -0.2) is 10.0 Å². The standard InChI is InChI=1S/C20H20N4O4/c1-13-20(26)24(15-5-3-2-4-6-15)23-18(22-13)19(25)21-10-9-14-7-8-16-17(11-14)28-12-27-16/h2-8,11,13H,9-10,12H2,1H3,(H,21,25)(H,22,23)/t13-/m0/s1.